The summed E-state index contributed by atoms with van der Waals surface area (Å²) in [6.45, 7) is 19.9. The van der Waals surface area contributed by atoms with Crippen LogP contribution in [0.5, 0.6) is 11.5 Å². The van der Waals surface area contributed by atoms with Gasteiger partial charge in [0.15, 0.2) is 11.2 Å². The molecule has 0 atom stereocenters. The number of aliphatic carboxylic acids is 2. The van der Waals surface area contributed by atoms with E-state index in [9.17, 15) is 46.1 Å². The number of aryl methyl sites for hydroxylation is 3. The van der Waals surface area contributed by atoms with Crippen LogP contribution in [-0.4, -0.2) is 43.3 Å². The predicted molar refractivity (Wildman–Crippen MR) is 255 cm³/mol. The average Bonchev–Trinajstić information content (AvgIpc) is 3.88. The first-order valence-electron chi connectivity index (χ1n) is 20.5. The number of carboxylic acid groups (broad SMARTS) is 2. The van der Waals surface area contributed by atoms with Crippen molar-refractivity contribution in [2.45, 2.75) is 119 Å². The maximum Gasteiger partial charge on any atom is 0.416 e. The first-order chi connectivity index (χ1) is 30.8. The Hall–Kier alpha value is -5.04. The molecule has 0 radical (unpaired) electrons. The number of aromatic nitrogens is 2. The van der Waals surface area contributed by atoms with Crippen molar-refractivity contribution in [2.24, 2.45) is 0 Å². The minimum Gasteiger partial charge on any atom is -0.478 e. The summed E-state index contributed by atoms with van der Waals surface area (Å²) in [6.07, 6.45) is -6.99. The summed E-state index contributed by atoms with van der Waals surface area (Å²) in [4.78, 5) is 35.7. The van der Waals surface area contributed by atoms with Crippen LogP contribution in [0, 0.1) is 20.8 Å². The van der Waals surface area contributed by atoms with Gasteiger partial charge in [-0.05, 0) is 148 Å². The minimum atomic E-state index is -4.37. The van der Waals surface area contributed by atoms with Gasteiger partial charge in [0.2, 0.25) is 0 Å². The lowest BCUT2D eigenvalue weighted by Gasteiger charge is -2.25. The summed E-state index contributed by atoms with van der Waals surface area (Å²) >= 11 is 6.14. The van der Waals surface area contributed by atoms with Crippen LogP contribution >= 0.6 is 46.2 Å². The third kappa shape index (κ3) is 13.4. The number of thiazole rings is 2. The number of thioether (sulfide) groups is 2. The predicted octanol–water partition coefficient (Wildman–Crippen LogP) is 15.1. The van der Waals surface area contributed by atoms with Gasteiger partial charge in [0, 0.05) is 36.9 Å². The van der Waals surface area contributed by atoms with Gasteiger partial charge in [-0.3, -0.25) is 0 Å². The van der Waals surface area contributed by atoms with E-state index in [4.69, 9.17) is 9.47 Å². The second-order valence-electron chi connectivity index (χ2n) is 17.5. The first-order valence-corrected chi connectivity index (χ1v) is 23.8. The fraction of sp³-hybridized carbons (Fsp3) is 0.347. The van der Waals surface area contributed by atoms with Crippen molar-refractivity contribution in [3.63, 3.8) is 0 Å². The van der Waals surface area contributed by atoms with Gasteiger partial charge in [-0.2, -0.15) is 26.3 Å². The van der Waals surface area contributed by atoms with Gasteiger partial charge in [0.25, 0.3) is 0 Å². The van der Waals surface area contributed by atoms with E-state index in [1.54, 1.807) is 41.9 Å². The number of carboxylic acids is 2. The molecule has 0 aliphatic heterocycles. The monoisotopic (exact) mass is 1000 g/mol. The molecule has 2 aromatic heterocycles. The average molecular weight is 1010 g/mol. The zero-order valence-corrected chi connectivity index (χ0v) is 41.7. The van der Waals surface area contributed by atoms with Crippen LogP contribution < -0.4 is 9.47 Å². The number of hydrogen-bond acceptors (Lipinski definition) is 10. The number of benzene rings is 4. The van der Waals surface area contributed by atoms with Crippen LogP contribution in [0.4, 0.5) is 26.3 Å². The summed E-state index contributed by atoms with van der Waals surface area (Å²) in [5.41, 5.74) is -0.296. The van der Waals surface area contributed by atoms with E-state index in [1.807, 2.05) is 45.0 Å². The molecule has 0 aliphatic rings. The summed E-state index contributed by atoms with van der Waals surface area (Å²) in [7, 11) is 0. The molecule has 0 aliphatic carbocycles. The van der Waals surface area contributed by atoms with E-state index in [2.05, 4.69) is 37.7 Å². The molecule has 0 bridgehead atoms. The highest BCUT2D eigenvalue weighted by Gasteiger charge is 2.34. The zero-order valence-electron chi connectivity index (χ0n) is 38.5. The summed E-state index contributed by atoms with van der Waals surface area (Å²) in [6, 6.07) is 21.2. The standard InChI is InChI=1S/C25H26F3NO3S2.C24H24F3NO3S2/c1-14-13-18(11-12-19(14)32-23(3,4)22(30)31)34-24(5,6)20-15(2)29-21(33-20)16-7-9-17(10-8-16)25(26,27)28;1-14-12-17(10-11-18(14)31-22(2,3)21(29)30)33-23(4,5)19-13-28-20(32-19)15-6-8-16(9-7-15)24(25,26)27/h7-13H,1-6H3,(H,30,31);6-13H,1-5H3,(H,29,30). The number of halogens is 6. The molecule has 6 aromatic rings. The van der Waals surface area contributed by atoms with E-state index < -0.39 is 46.6 Å². The number of hydrogen-bond donors (Lipinski definition) is 2. The van der Waals surface area contributed by atoms with Crippen LogP contribution in [0.15, 0.2) is 101 Å². The lowest BCUT2D eigenvalue weighted by molar-refractivity contribution is -0.152. The quantitative estimate of drug-likeness (QED) is 0.0806. The topological polar surface area (TPSA) is 119 Å². The SMILES string of the molecule is Cc1cc(SC(C)(C)c2cnc(-c3ccc(C(F)(F)F)cc3)s2)ccc1OC(C)(C)C(=O)O.Cc1cc(SC(C)(C)c2sc(-c3ccc(C(F)(F)F)cc3)nc2C)ccc1OC(C)(C)C(=O)O. The molecule has 67 heavy (non-hydrogen) atoms. The Labute approximate surface area is 402 Å². The molecule has 0 unspecified atom stereocenters. The van der Waals surface area contributed by atoms with Crippen LogP contribution in [0.3, 0.4) is 0 Å². The molecule has 0 fully saturated rings. The second-order valence-corrected chi connectivity index (χ2v) is 22.9. The first kappa shape index (κ1) is 52.9. The van der Waals surface area contributed by atoms with E-state index in [0.717, 1.165) is 60.6 Å². The van der Waals surface area contributed by atoms with E-state index in [-0.39, 0.29) is 9.49 Å². The molecule has 8 nitrogen and oxygen atoms in total. The number of alkyl halides is 6. The lowest BCUT2D eigenvalue weighted by Crippen LogP contribution is -2.38. The Morgan fingerprint density at radius 1 is 0.567 bits per heavy atom. The minimum absolute atomic E-state index is 0.350. The molecule has 18 heteroatoms. The molecule has 2 N–H and O–H groups in total. The molecule has 6 rings (SSSR count). The number of nitrogens with zero attached hydrogens (tertiary/aromatic N) is 2. The smallest absolute Gasteiger partial charge is 0.416 e. The van der Waals surface area contributed by atoms with Gasteiger partial charge in [-0.1, -0.05) is 24.3 Å². The highest BCUT2D eigenvalue weighted by Crippen LogP contribution is 2.48. The fourth-order valence-electron chi connectivity index (χ4n) is 6.29. The van der Waals surface area contributed by atoms with Crippen LogP contribution in [-0.2, 0) is 31.4 Å². The Kier molecular flexibility index (Phi) is 15.7. The van der Waals surface area contributed by atoms with E-state index in [1.165, 1.54) is 74.6 Å². The van der Waals surface area contributed by atoms with E-state index in [0.29, 0.717) is 32.6 Å². The molecule has 0 spiro atoms. The van der Waals surface area contributed by atoms with Gasteiger partial charge < -0.3 is 19.7 Å². The van der Waals surface area contributed by atoms with Crippen molar-refractivity contribution in [3.05, 3.63) is 129 Å². The molecular formula is C49H50F6N2O6S4. The summed E-state index contributed by atoms with van der Waals surface area (Å²) in [5, 5.41) is 19.9. The summed E-state index contributed by atoms with van der Waals surface area (Å²) in [5.74, 6) is -1.08. The normalized spacial score (nSPS) is 12.6. The van der Waals surface area contributed by atoms with Crippen molar-refractivity contribution in [1.29, 1.82) is 0 Å². The zero-order chi connectivity index (χ0) is 50.1. The van der Waals surface area contributed by atoms with Gasteiger partial charge in [0.05, 0.1) is 26.3 Å². The highest BCUT2D eigenvalue weighted by atomic mass is 32.2. The Balaban J connectivity index is 0.000000251. The highest BCUT2D eigenvalue weighted by molar-refractivity contribution is 8.00. The lowest BCUT2D eigenvalue weighted by atomic mass is 10.1. The van der Waals surface area contributed by atoms with Crippen molar-refractivity contribution in [1.82, 2.24) is 9.97 Å². The number of rotatable bonds is 14. The largest absolute Gasteiger partial charge is 0.478 e. The van der Waals surface area contributed by atoms with Gasteiger partial charge in [-0.15, -0.1) is 46.2 Å². The van der Waals surface area contributed by atoms with E-state index >= 15 is 0 Å². The molecule has 4 aromatic carbocycles. The summed E-state index contributed by atoms with van der Waals surface area (Å²) < 4.78 is 87.7. The molecule has 0 saturated carbocycles. The Bertz CT molecular complexity index is 2720. The van der Waals surface area contributed by atoms with Crippen molar-refractivity contribution < 1.29 is 55.6 Å². The fourth-order valence-corrected chi connectivity index (χ4v) is 11.1. The molecule has 0 saturated heterocycles. The molecule has 358 valence electrons. The Morgan fingerprint density at radius 2 is 0.970 bits per heavy atom. The van der Waals surface area contributed by atoms with Crippen molar-refractivity contribution in [3.8, 4) is 32.6 Å². The van der Waals surface area contributed by atoms with Crippen molar-refractivity contribution >= 4 is 58.1 Å². The second kappa shape index (κ2) is 19.9. The maximum atomic E-state index is 12.9. The third-order valence-electron chi connectivity index (χ3n) is 10.2. The maximum absolute atomic E-state index is 12.9. The molecular weight excluding hydrogens is 955 g/mol. The van der Waals surface area contributed by atoms with Crippen LogP contribution in [0.1, 0.15) is 93.1 Å². The molecule has 0 amide bonds. The van der Waals surface area contributed by atoms with Crippen LogP contribution in [0.25, 0.3) is 21.1 Å². The van der Waals surface area contributed by atoms with Gasteiger partial charge in [0.1, 0.15) is 21.5 Å². The van der Waals surface area contributed by atoms with Gasteiger partial charge in [-0.25, -0.2) is 19.6 Å². The Morgan fingerprint density at radius 3 is 1.36 bits per heavy atom. The molecule has 2 heterocycles. The number of carbonyl (C=O) groups is 2. The van der Waals surface area contributed by atoms with Gasteiger partial charge >= 0.3 is 24.3 Å². The van der Waals surface area contributed by atoms with Crippen molar-refractivity contribution in [2.75, 3.05) is 0 Å². The third-order valence-corrected chi connectivity index (χ3v) is 15.7. The van der Waals surface area contributed by atoms with Crippen LogP contribution in [0.2, 0.25) is 0 Å². The number of ether oxygens (including phenoxy) is 2.